The number of carbonyl (C=O) groups excluding carboxylic acids is 1. The highest BCUT2D eigenvalue weighted by Crippen LogP contribution is 2.15. The summed E-state index contributed by atoms with van der Waals surface area (Å²) in [4.78, 5) is 22.3. The van der Waals surface area contributed by atoms with E-state index in [4.69, 9.17) is 5.11 Å². The van der Waals surface area contributed by atoms with Gasteiger partial charge in [-0.1, -0.05) is 122 Å². The summed E-state index contributed by atoms with van der Waals surface area (Å²) in [6.45, 7) is 1.70. The normalized spacial score (nSPS) is 14.7. The molecule has 0 aliphatic rings. The quantitative estimate of drug-likeness (QED) is 0.0737. The molecule has 0 spiro atoms. The first-order valence-corrected chi connectivity index (χ1v) is 15.5. The number of carbonyl (C=O) groups is 2. The highest BCUT2D eigenvalue weighted by molar-refractivity contribution is 5.81. The molecule has 226 valence electrons. The maximum atomic E-state index is 11.8. The van der Waals surface area contributed by atoms with Crippen molar-refractivity contribution in [3.63, 3.8) is 0 Å². The predicted molar refractivity (Wildman–Crippen MR) is 152 cm³/mol. The zero-order chi connectivity index (χ0) is 28.4. The molecule has 8 heteroatoms. The van der Waals surface area contributed by atoms with E-state index in [-0.39, 0.29) is 0 Å². The monoisotopic (exact) mass is 545 g/mol. The molecule has 0 aliphatic heterocycles. The number of aliphatic carboxylic acids is 1. The molecule has 0 saturated heterocycles. The zero-order valence-electron chi connectivity index (χ0n) is 24.1. The summed E-state index contributed by atoms with van der Waals surface area (Å²) in [5, 5.41) is 49.4. The standard InChI is InChI=1S/C30H59NO7/c1-25(32)27(35)28(36)29(37)30(38)31-24-22-20-18-16-14-12-10-8-6-4-2-3-5-7-9-11-13-15-17-19-21-23-26(33)34/h25,27-29,32,35-37H,2-24H2,1H3,(H,31,38)(H,33,34)/t25-,27-,28+,29-/m1/s1. The third-order valence-corrected chi connectivity index (χ3v) is 7.30. The molecule has 0 unspecified atom stereocenters. The molecule has 0 aromatic carbocycles. The number of hydrogen-bond donors (Lipinski definition) is 6. The van der Waals surface area contributed by atoms with Gasteiger partial charge in [-0.25, -0.2) is 0 Å². The second-order valence-electron chi connectivity index (χ2n) is 11.0. The molecule has 0 saturated carbocycles. The summed E-state index contributed by atoms with van der Waals surface area (Å²) in [7, 11) is 0. The average molecular weight is 546 g/mol. The fourth-order valence-electron chi connectivity index (χ4n) is 4.70. The minimum atomic E-state index is -1.75. The number of hydrogen-bond acceptors (Lipinski definition) is 6. The largest absolute Gasteiger partial charge is 0.481 e. The Kier molecular flexibility index (Phi) is 25.2. The summed E-state index contributed by atoms with van der Waals surface area (Å²) < 4.78 is 0. The zero-order valence-corrected chi connectivity index (χ0v) is 24.1. The first-order valence-electron chi connectivity index (χ1n) is 15.5. The van der Waals surface area contributed by atoms with Gasteiger partial charge in [0.05, 0.1) is 6.10 Å². The maximum absolute atomic E-state index is 11.8. The van der Waals surface area contributed by atoms with Crippen LogP contribution < -0.4 is 5.32 Å². The van der Waals surface area contributed by atoms with Crippen LogP contribution in [0.1, 0.15) is 148 Å². The molecule has 0 aliphatic carbocycles. The predicted octanol–water partition coefficient (Wildman–Crippen LogP) is 5.23. The molecule has 1 amide bonds. The Morgan fingerprint density at radius 2 is 0.842 bits per heavy atom. The van der Waals surface area contributed by atoms with E-state index in [9.17, 15) is 30.0 Å². The highest BCUT2D eigenvalue weighted by atomic mass is 16.4. The van der Waals surface area contributed by atoms with E-state index in [1.807, 2.05) is 0 Å². The van der Waals surface area contributed by atoms with Gasteiger partial charge in [0, 0.05) is 13.0 Å². The number of amides is 1. The Balaban J connectivity index is 3.28. The first-order chi connectivity index (χ1) is 18.3. The van der Waals surface area contributed by atoms with Crippen molar-refractivity contribution in [2.45, 2.75) is 173 Å². The van der Waals surface area contributed by atoms with Gasteiger partial charge in [-0.15, -0.1) is 0 Å². The lowest BCUT2D eigenvalue weighted by atomic mass is 10.0. The van der Waals surface area contributed by atoms with E-state index in [1.165, 1.54) is 110 Å². The number of aliphatic hydroxyl groups excluding tert-OH is 4. The minimum Gasteiger partial charge on any atom is -0.481 e. The van der Waals surface area contributed by atoms with Crippen LogP contribution in [-0.2, 0) is 9.59 Å². The molecule has 6 N–H and O–H groups in total. The van der Waals surface area contributed by atoms with Crippen LogP contribution in [0.5, 0.6) is 0 Å². The number of unbranched alkanes of at least 4 members (excludes halogenated alkanes) is 20. The summed E-state index contributed by atoms with van der Waals surface area (Å²) >= 11 is 0. The number of aliphatic hydroxyl groups is 4. The van der Waals surface area contributed by atoms with Crippen molar-refractivity contribution < 1.29 is 35.1 Å². The lowest BCUT2D eigenvalue weighted by Gasteiger charge is -2.24. The van der Waals surface area contributed by atoms with Crippen molar-refractivity contribution in [3.8, 4) is 0 Å². The van der Waals surface area contributed by atoms with Gasteiger partial charge in [-0.3, -0.25) is 9.59 Å². The minimum absolute atomic E-state index is 0.315. The topological polar surface area (TPSA) is 147 Å². The second-order valence-corrected chi connectivity index (χ2v) is 11.0. The van der Waals surface area contributed by atoms with Gasteiger partial charge >= 0.3 is 5.97 Å². The molecule has 0 heterocycles. The lowest BCUT2D eigenvalue weighted by Crippen LogP contribution is -2.50. The van der Waals surface area contributed by atoms with Crippen molar-refractivity contribution in [1.82, 2.24) is 5.32 Å². The molecule has 0 fully saturated rings. The Bertz CT molecular complexity index is 559. The summed E-state index contributed by atoms with van der Waals surface area (Å²) in [5.41, 5.74) is 0. The van der Waals surface area contributed by atoms with Crippen LogP contribution in [-0.4, -0.2) is 68.4 Å². The second kappa shape index (κ2) is 26.0. The third-order valence-electron chi connectivity index (χ3n) is 7.30. The Morgan fingerprint density at radius 1 is 0.526 bits per heavy atom. The Labute approximate surface area is 231 Å². The molecule has 0 radical (unpaired) electrons. The average Bonchev–Trinajstić information content (AvgIpc) is 2.89. The molecule has 0 rings (SSSR count). The lowest BCUT2D eigenvalue weighted by molar-refractivity contribution is -0.145. The van der Waals surface area contributed by atoms with E-state index < -0.39 is 36.3 Å². The van der Waals surface area contributed by atoms with Crippen LogP contribution in [0.2, 0.25) is 0 Å². The van der Waals surface area contributed by atoms with Gasteiger partial charge in [0.1, 0.15) is 12.2 Å². The molecule has 0 aromatic heterocycles. The van der Waals surface area contributed by atoms with Gasteiger partial charge in [0.25, 0.3) is 5.91 Å². The Hall–Kier alpha value is -1.22. The number of rotatable bonds is 28. The van der Waals surface area contributed by atoms with E-state index in [0.717, 1.165) is 32.1 Å². The molecule has 4 atom stereocenters. The van der Waals surface area contributed by atoms with E-state index in [0.29, 0.717) is 13.0 Å². The van der Waals surface area contributed by atoms with E-state index in [2.05, 4.69) is 5.32 Å². The van der Waals surface area contributed by atoms with Gasteiger partial charge < -0.3 is 30.8 Å². The molecule has 8 nitrogen and oxygen atoms in total. The van der Waals surface area contributed by atoms with Crippen molar-refractivity contribution in [2.24, 2.45) is 0 Å². The fraction of sp³-hybridized carbons (Fsp3) is 0.933. The maximum Gasteiger partial charge on any atom is 0.303 e. The van der Waals surface area contributed by atoms with Crippen LogP contribution in [0.25, 0.3) is 0 Å². The SMILES string of the molecule is C[C@@H](O)[C@@H](O)[C@H](O)[C@@H](O)C(=O)NCCCCCCCCCCCCCCCCCCCCCCCC(=O)O. The molecule has 38 heavy (non-hydrogen) atoms. The molecule has 0 aromatic rings. The highest BCUT2D eigenvalue weighted by Gasteiger charge is 2.32. The van der Waals surface area contributed by atoms with Gasteiger partial charge in [0.2, 0.25) is 0 Å². The number of carboxylic acid groups (broad SMARTS) is 1. The fourth-order valence-corrected chi connectivity index (χ4v) is 4.70. The summed E-state index contributed by atoms with van der Waals surface area (Å²) in [5.74, 6) is -1.41. The van der Waals surface area contributed by atoms with Gasteiger partial charge in [0.15, 0.2) is 6.10 Å². The molecular formula is C30H59NO7. The van der Waals surface area contributed by atoms with Crippen molar-refractivity contribution >= 4 is 11.9 Å². The van der Waals surface area contributed by atoms with Crippen LogP contribution in [0.3, 0.4) is 0 Å². The van der Waals surface area contributed by atoms with Crippen molar-refractivity contribution in [2.75, 3.05) is 6.54 Å². The number of nitrogens with one attached hydrogen (secondary N) is 1. The molecule has 0 bridgehead atoms. The van der Waals surface area contributed by atoms with Crippen LogP contribution >= 0.6 is 0 Å². The van der Waals surface area contributed by atoms with Crippen LogP contribution in [0.4, 0.5) is 0 Å². The smallest absolute Gasteiger partial charge is 0.303 e. The summed E-state index contributed by atoms with van der Waals surface area (Å²) in [6, 6.07) is 0. The first kappa shape index (κ1) is 36.8. The van der Waals surface area contributed by atoms with Crippen LogP contribution in [0.15, 0.2) is 0 Å². The van der Waals surface area contributed by atoms with Crippen molar-refractivity contribution in [3.05, 3.63) is 0 Å². The van der Waals surface area contributed by atoms with Gasteiger partial charge in [-0.2, -0.15) is 0 Å². The summed E-state index contributed by atoms with van der Waals surface area (Å²) in [6.07, 6.45) is 19.7. The Morgan fingerprint density at radius 3 is 1.16 bits per heavy atom. The van der Waals surface area contributed by atoms with E-state index >= 15 is 0 Å². The number of carboxylic acids is 1. The van der Waals surface area contributed by atoms with Crippen LogP contribution in [0, 0.1) is 0 Å². The van der Waals surface area contributed by atoms with Gasteiger partial charge in [-0.05, 0) is 19.8 Å². The third kappa shape index (κ3) is 22.7. The van der Waals surface area contributed by atoms with Crippen molar-refractivity contribution in [1.29, 1.82) is 0 Å². The molecular weight excluding hydrogens is 486 g/mol. The van der Waals surface area contributed by atoms with E-state index in [1.54, 1.807) is 0 Å².